The van der Waals surface area contributed by atoms with E-state index in [9.17, 15) is 0 Å². The predicted molar refractivity (Wildman–Crippen MR) is 73.3 cm³/mol. The zero-order valence-electron chi connectivity index (χ0n) is 11.9. The number of aliphatic hydroxyl groups is 1. The van der Waals surface area contributed by atoms with E-state index in [-0.39, 0.29) is 12.6 Å². The highest BCUT2D eigenvalue weighted by atomic mass is 16.5. The first-order chi connectivity index (χ1) is 8.24. The lowest BCUT2D eigenvalue weighted by atomic mass is 10.1. The summed E-state index contributed by atoms with van der Waals surface area (Å²) in [5.74, 6) is 0. The molecular weight excluding hydrogens is 214 g/mol. The molecule has 0 bridgehead atoms. The van der Waals surface area contributed by atoms with Gasteiger partial charge in [-0.25, -0.2) is 0 Å². The van der Waals surface area contributed by atoms with Crippen LogP contribution in [0, 0.1) is 0 Å². The van der Waals surface area contributed by atoms with Crippen LogP contribution in [0.5, 0.6) is 0 Å². The number of aliphatic hydroxyl groups excluding tert-OH is 1. The van der Waals surface area contributed by atoms with E-state index < -0.39 is 0 Å². The van der Waals surface area contributed by atoms with E-state index >= 15 is 0 Å². The Morgan fingerprint density at radius 3 is 2.41 bits per heavy atom. The van der Waals surface area contributed by atoms with Crippen LogP contribution < -0.4 is 5.32 Å². The molecule has 0 amide bonds. The van der Waals surface area contributed by atoms with Crippen molar-refractivity contribution in [1.82, 2.24) is 5.32 Å². The molecule has 104 valence electrons. The molecule has 0 aromatic carbocycles. The first-order valence-electron chi connectivity index (χ1n) is 7.10. The number of hydrogen-bond donors (Lipinski definition) is 2. The fraction of sp³-hybridized carbons (Fsp3) is 1.00. The summed E-state index contributed by atoms with van der Waals surface area (Å²) in [5, 5.41) is 12.5. The van der Waals surface area contributed by atoms with Crippen LogP contribution >= 0.6 is 0 Å². The largest absolute Gasteiger partial charge is 0.396 e. The van der Waals surface area contributed by atoms with Crippen LogP contribution in [-0.4, -0.2) is 37.5 Å². The highest BCUT2D eigenvalue weighted by molar-refractivity contribution is 4.71. The third-order valence-electron chi connectivity index (χ3n) is 3.11. The molecule has 0 saturated carbocycles. The molecule has 0 spiro atoms. The second-order valence-electron chi connectivity index (χ2n) is 4.94. The predicted octanol–water partition coefficient (Wildman–Crippen LogP) is 2.72. The van der Waals surface area contributed by atoms with Gasteiger partial charge in [-0.3, -0.25) is 0 Å². The fourth-order valence-electron chi connectivity index (χ4n) is 2.11. The minimum absolute atomic E-state index is 0.226. The van der Waals surface area contributed by atoms with Gasteiger partial charge in [0.25, 0.3) is 0 Å². The van der Waals surface area contributed by atoms with Crippen LogP contribution in [0.4, 0.5) is 0 Å². The monoisotopic (exact) mass is 245 g/mol. The van der Waals surface area contributed by atoms with Crippen LogP contribution in [-0.2, 0) is 4.74 Å². The Morgan fingerprint density at radius 1 is 1.12 bits per heavy atom. The molecule has 3 heteroatoms. The van der Waals surface area contributed by atoms with Crippen LogP contribution in [0.1, 0.15) is 58.8 Å². The first kappa shape index (κ1) is 16.9. The summed E-state index contributed by atoms with van der Waals surface area (Å²) in [7, 11) is 1.71. The summed E-state index contributed by atoms with van der Waals surface area (Å²) < 4.78 is 5.14. The molecule has 0 aliphatic rings. The number of rotatable bonds is 12. The number of unbranched alkanes of at least 4 members (excludes halogenated alkanes) is 4. The SMILES string of the molecule is CCCCCCCC(C)NC(CCO)COC. The summed E-state index contributed by atoms with van der Waals surface area (Å²) >= 11 is 0. The molecule has 0 aromatic heterocycles. The highest BCUT2D eigenvalue weighted by Crippen LogP contribution is 2.08. The van der Waals surface area contributed by atoms with Gasteiger partial charge in [0.15, 0.2) is 0 Å². The molecule has 0 heterocycles. The van der Waals surface area contributed by atoms with E-state index in [2.05, 4.69) is 19.2 Å². The van der Waals surface area contributed by atoms with Crippen molar-refractivity contribution < 1.29 is 9.84 Å². The maximum atomic E-state index is 8.95. The molecule has 0 fully saturated rings. The number of methoxy groups -OCH3 is 1. The van der Waals surface area contributed by atoms with Gasteiger partial charge in [0, 0.05) is 25.8 Å². The van der Waals surface area contributed by atoms with Gasteiger partial charge in [0.1, 0.15) is 0 Å². The van der Waals surface area contributed by atoms with Gasteiger partial charge in [0.2, 0.25) is 0 Å². The van der Waals surface area contributed by atoms with Gasteiger partial charge in [-0.1, -0.05) is 39.0 Å². The molecule has 2 atom stereocenters. The molecular formula is C14H31NO2. The van der Waals surface area contributed by atoms with E-state index in [1.54, 1.807) is 7.11 Å². The van der Waals surface area contributed by atoms with Crippen LogP contribution in [0.2, 0.25) is 0 Å². The Balaban J connectivity index is 3.55. The lowest BCUT2D eigenvalue weighted by molar-refractivity contribution is 0.142. The van der Waals surface area contributed by atoms with Crippen molar-refractivity contribution in [2.75, 3.05) is 20.3 Å². The lowest BCUT2D eigenvalue weighted by Crippen LogP contribution is -2.40. The minimum atomic E-state index is 0.226. The van der Waals surface area contributed by atoms with Crippen molar-refractivity contribution >= 4 is 0 Å². The van der Waals surface area contributed by atoms with E-state index in [4.69, 9.17) is 9.84 Å². The average molecular weight is 245 g/mol. The molecule has 0 aliphatic heterocycles. The zero-order chi connectivity index (χ0) is 12.9. The molecule has 17 heavy (non-hydrogen) atoms. The molecule has 0 radical (unpaired) electrons. The summed E-state index contributed by atoms with van der Waals surface area (Å²) in [5.41, 5.74) is 0. The fourth-order valence-corrected chi connectivity index (χ4v) is 2.11. The van der Waals surface area contributed by atoms with E-state index in [0.717, 1.165) is 6.42 Å². The zero-order valence-corrected chi connectivity index (χ0v) is 11.9. The van der Waals surface area contributed by atoms with Gasteiger partial charge >= 0.3 is 0 Å². The van der Waals surface area contributed by atoms with Gasteiger partial charge < -0.3 is 15.2 Å². The van der Waals surface area contributed by atoms with Crippen molar-refractivity contribution in [3.63, 3.8) is 0 Å². The first-order valence-corrected chi connectivity index (χ1v) is 7.10. The third kappa shape index (κ3) is 10.7. The summed E-state index contributed by atoms with van der Waals surface area (Å²) in [6.07, 6.45) is 8.66. The molecule has 0 aliphatic carbocycles. The Labute approximate surface area is 107 Å². The maximum Gasteiger partial charge on any atom is 0.0616 e. The minimum Gasteiger partial charge on any atom is -0.396 e. The topological polar surface area (TPSA) is 41.5 Å². The van der Waals surface area contributed by atoms with Crippen molar-refractivity contribution in [2.24, 2.45) is 0 Å². The maximum absolute atomic E-state index is 8.95. The Morgan fingerprint density at radius 2 is 1.82 bits per heavy atom. The van der Waals surface area contributed by atoms with E-state index in [1.807, 2.05) is 0 Å². The number of nitrogens with one attached hydrogen (secondary N) is 1. The van der Waals surface area contributed by atoms with Crippen LogP contribution in [0.15, 0.2) is 0 Å². The van der Waals surface area contributed by atoms with Gasteiger partial charge in [-0.05, 0) is 19.8 Å². The van der Waals surface area contributed by atoms with E-state index in [1.165, 1.54) is 38.5 Å². The normalized spacial score (nSPS) is 14.8. The van der Waals surface area contributed by atoms with Crippen molar-refractivity contribution in [3.05, 3.63) is 0 Å². The summed E-state index contributed by atoms with van der Waals surface area (Å²) in [6.45, 7) is 5.37. The van der Waals surface area contributed by atoms with Gasteiger partial charge in [-0.2, -0.15) is 0 Å². The summed E-state index contributed by atoms with van der Waals surface area (Å²) in [4.78, 5) is 0. The lowest BCUT2D eigenvalue weighted by Gasteiger charge is -2.22. The smallest absolute Gasteiger partial charge is 0.0616 e. The standard InChI is InChI=1S/C14H31NO2/c1-4-5-6-7-8-9-13(2)15-14(10-11-16)12-17-3/h13-16H,4-12H2,1-3H3. The number of hydrogen-bond acceptors (Lipinski definition) is 3. The quantitative estimate of drug-likeness (QED) is 0.519. The molecule has 0 rings (SSSR count). The number of ether oxygens (including phenoxy) is 1. The van der Waals surface area contributed by atoms with Crippen molar-refractivity contribution in [3.8, 4) is 0 Å². The second kappa shape index (κ2) is 12.3. The Hall–Kier alpha value is -0.120. The summed E-state index contributed by atoms with van der Waals surface area (Å²) in [6, 6.07) is 0.805. The van der Waals surface area contributed by atoms with Crippen molar-refractivity contribution in [2.45, 2.75) is 70.9 Å². The second-order valence-corrected chi connectivity index (χ2v) is 4.94. The van der Waals surface area contributed by atoms with Crippen LogP contribution in [0.3, 0.4) is 0 Å². The Bertz CT molecular complexity index is 147. The average Bonchev–Trinajstić information content (AvgIpc) is 2.29. The van der Waals surface area contributed by atoms with E-state index in [0.29, 0.717) is 12.6 Å². The van der Waals surface area contributed by atoms with Crippen LogP contribution in [0.25, 0.3) is 0 Å². The highest BCUT2D eigenvalue weighted by Gasteiger charge is 2.10. The van der Waals surface area contributed by atoms with Gasteiger partial charge in [0.05, 0.1) is 6.61 Å². The van der Waals surface area contributed by atoms with Gasteiger partial charge in [-0.15, -0.1) is 0 Å². The molecule has 0 saturated heterocycles. The molecule has 2 N–H and O–H groups in total. The molecule has 0 aromatic rings. The molecule has 3 nitrogen and oxygen atoms in total. The third-order valence-corrected chi connectivity index (χ3v) is 3.11. The molecule has 2 unspecified atom stereocenters. The Kier molecular flexibility index (Phi) is 12.3. The van der Waals surface area contributed by atoms with Crippen molar-refractivity contribution in [1.29, 1.82) is 0 Å².